The summed E-state index contributed by atoms with van der Waals surface area (Å²) in [5.74, 6) is 0.607. The van der Waals surface area contributed by atoms with Crippen LogP contribution < -0.4 is 4.74 Å². The van der Waals surface area contributed by atoms with E-state index in [2.05, 4.69) is 24.0 Å². The number of carbonyl (C=O) groups is 2. The quantitative estimate of drug-likeness (QED) is 0.366. The van der Waals surface area contributed by atoms with E-state index in [1.54, 1.807) is 44.9 Å². The van der Waals surface area contributed by atoms with E-state index in [1.165, 1.54) is 14.2 Å². The van der Waals surface area contributed by atoms with Gasteiger partial charge < -0.3 is 14.5 Å². The maximum atomic E-state index is 12.6. The lowest BCUT2D eigenvalue weighted by atomic mass is 10.1. The Labute approximate surface area is 235 Å². The van der Waals surface area contributed by atoms with Crippen molar-refractivity contribution in [2.45, 2.75) is 64.8 Å². The number of carbonyl (C=O) groups excluding carboxylic acids is 2. The van der Waals surface area contributed by atoms with Gasteiger partial charge in [0.1, 0.15) is 11.5 Å². The number of methoxy groups -OCH3 is 1. The summed E-state index contributed by atoms with van der Waals surface area (Å²) in [4.78, 5) is 31.5. The Morgan fingerprint density at radius 1 is 1.00 bits per heavy atom. The van der Waals surface area contributed by atoms with Gasteiger partial charge in [0.25, 0.3) is 0 Å². The van der Waals surface area contributed by atoms with Gasteiger partial charge in [-0.05, 0) is 89.1 Å². The van der Waals surface area contributed by atoms with E-state index < -0.39 is 10.0 Å². The molecule has 0 spiro atoms. The van der Waals surface area contributed by atoms with Gasteiger partial charge >= 0.3 is 0 Å². The fraction of sp³-hybridized carbons (Fsp3) is 0.552. The second-order valence-corrected chi connectivity index (χ2v) is 12.0. The lowest BCUT2D eigenvalue weighted by Crippen LogP contribution is -2.33. The second-order valence-electron chi connectivity index (χ2n) is 10.0. The van der Waals surface area contributed by atoms with Crippen molar-refractivity contribution in [3.05, 3.63) is 52.8 Å². The van der Waals surface area contributed by atoms with Crippen LogP contribution in [0.4, 0.5) is 0 Å². The van der Waals surface area contributed by atoms with Crippen molar-refractivity contribution in [3.8, 4) is 5.75 Å². The average Bonchev–Trinajstić information content (AvgIpc) is 2.83. The third-order valence-electron chi connectivity index (χ3n) is 6.11. The first-order chi connectivity index (χ1) is 18.2. The first-order valence-corrected chi connectivity index (χ1v) is 14.6. The molecule has 0 saturated carbocycles. The maximum absolute atomic E-state index is 12.6. The van der Waals surface area contributed by atoms with E-state index in [0.29, 0.717) is 36.3 Å². The first kappa shape index (κ1) is 34.2. The van der Waals surface area contributed by atoms with Crippen LogP contribution in [0.1, 0.15) is 55.6 Å². The van der Waals surface area contributed by atoms with Gasteiger partial charge in [-0.15, -0.1) is 0 Å². The van der Waals surface area contributed by atoms with E-state index in [-0.39, 0.29) is 23.1 Å². The van der Waals surface area contributed by atoms with Crippen LogP contribution in [0.5, 0.6) is 5.75 Å². The summed E-state index contributed by atoms with van der Waals surface area (Å²) in [5, 5.41) is 0. The molecule has 1 aromatic carbocycles. The van der Waals surface area contributed by atoms with Crippen LogP contribution in [0, 0.1) is 13.8 Å². The molecule has 0 unspecified atom stereocenters. The number of sulfonamides is 1. The third-order valence-corrected chi connectivity index (χ3v) is 8.21. The van der Waals surface area contributed by atoms with E-state index in [0.717, 1.165) is 35.1 Å². The molecule has 0 aliphatic carbocycles. The number of ether oxygens (including phenoxy) is 1. The van der Waals surface area contributed by atoms with E-state index in [1.807, 2.05) is 25.1 Å². The molecule has 39 heavy (non-hydrogen) atoms. The standard InChI is InChI=1S/C15H23NO4S.C14H23N3O/c1-6-7-13(17)10-16(4)21(18,19)15-11(2)8-14(20-5)9-12(15)3;1-12(18)17(4)11-14-8-5-7-13(15-14)9-6-10-16(2)3/h8-9H,6-7,10H2,1-5H3;5,7-8H,6,9-11H2,1-4H3. The lowest BCUT2D eigenvalue weighted by molar-refractivity contribution is -0.128. The number of amides is 1. The molecule has 0 fully saturated rings. The van der Waals surface area contributed by atoms with Crippen molar-refractivity contribution in [2.24, 2.45) is 0 Å². The highest BCUT2D eigenvalue weighted by Crippen LogP contribution is 2.27. The molecule has 1 heterocycles. The summed E-state index contributed by atoms with van der Waals surface area (Å²) in [6, 6.07) is 9.40. The zero-order chi connectivity index (χ0) is 29.8. The number of Topliss-reactive ketones (excluding diaryl/α,β-unsaturated/α-hetero) is 1. The van der Waals surface area contributed by atoms with Crippen LogP contribution in [0.25, 0.3) is 0 Å². The minimum Gasteiger partial charge on any atom is -0.497 e. The zero-order valence-corrected chi connectivity index (χ0v) is 25.9. The van der Waals surface area contributed by atoms with Crippen molar-refractivity contribution in [1.29, 1.82) is 0 Å². The van der Waals surface area contributed by atoms with Gasteiger partial charge in [-0.3, -0.25) is 14.6 Å². The molecule has 218 valence electrons. The molecule has 1 amide bonds. The van der Waals surface area contributed by atoms with Gasteiger partial charge in [-0.2, -0.15) is 4.31 Å². The summed E-state index contributed by atoms with van der Waals surface area (Å²) < 4.78 is 31.5. The molecule has 0 atom stereocenters. The van der Waals surface area contributed by atoms with Crippen LogP contribution in [-0.2, 0) is 32.6 Å². The minimum absolute atomic E-state index is 0.0646. The van der Waals surface area contributed by atoms with Gasteiger partial charge in [-0.25, -0.2) is 8.42 Å². The largest absolute Gasteiger partial charge is 0.497 e. The van der Waals surface area contributed by atoms with E-state index in [4.69, 9.17) is 4.74 Å². The topological polar surface area (TPSA) is 100 Å². The highest BCUT2D eigenvalue weighted by atomic mass is 32.2. The number of hydrogen-bond acceptors (Lipinski definition) is 7. The average molecular weight is 563 g/mol. The predicted molar refractivity (Wildman–Crippen MR) is 155 cm³/mol. The van der Waals surface area contributed by atoms with Crippen LogP contribution in [0.3, 0.4) is 0 Å². The molecule has 0 saturated heterocycles. The molecule has 2 aromatic rings. The smallest absolute Gasteiger partial charge is 0.243 e. The molecule has 0 N–H and O–H groups in total. The van der Waals surface area contributed by atoms with Gasteiger partial charge in [0.05, 0.1) is 30.8 Å². The van der Waals surface area contributed by atoms with E-state index in [9.17, 15) is 18.0 Å². The monoisotopic (exact) mass is 562 g/mol. The first-order valence-electron chi connectivity index (χ1n) is 13.2. The van der Waals surface area contributed by atoms with Crippen LogP contribution >= 0.6 is 0 Å². The summed E-state index contributed by atoms with van der Waals surface area (Å²) in [6.45, 7) is 8.47. The van der Waals surface area contributed by atoms with Crippen molar-refractivity contribution in [1.82, 2.24) is 19.1 Å². The molecule has 0 aliphatic rings. The van der Waals surface area contributed by atoms with Crippen LogP contribution in [0.2, 0.25) is 0 Å². The minimum atomic E-state index is -3.68. The maximum Gasteiger partial charge on any atom is 0.243 e. The summed E-state index contributed by atoms with van der Waals surface area (Å²) in [5.41, 5.74) is 3.28. The number of aryl methyl sites for hydroxylation is 3. The Bertz CT molecular complexity index is 1170. The molecule has 10 heteroatoms. The van der Waals surface area contributed by atoms with Crippen molar-refractivity contribution in [2.75, 3.05) is 48.4 Å². The Morgan fingerprint density at radius 2 is 1.59 bits per heavy atom. The molecule has 9 nitrogen and oxygen atoms in total. The summed E-state index contributed by atoms with van der Waals surface area (Å²) in [7, 11) is 5.24. The van der Waals surface area contributed by atoms with Gasteiger partial charge in [0, 0.05) is 33.1 Å². The van der Waals surface area contributed by atoms with Gasteiger partial charge in [0.15, 0.2) is 0 Å². The highest BCUT2D eigenvalue weighted by Gasteiger charge is 2.26. The van der Waals surface area contributed by atoms with Crippen LogP contribution in [-0.4, -0.2) is 87.6 Å². The number of aromatic nitrogens is 1. The Hall–Kier alpha value is -2.82. The molecule has 0 aliphatic heterocycles. The summed E-state index contributed by atoms with van der Waals surface area (Å²) >= 11 is 0. The van der Waals surface area contributed by atoms with Crippen molar-refractivity contribution in [3.63, 3.8) is 0 Å². The fourth-order valence-electron chi connectivity index (χ4n) is 3.97. The molecule has 2 rings (SSSR count). The number of likely N-dealkylation sites (N-methyl/N-ethyl adjacent to an activating group) is 1. The number of hydrogen-bond donors (Lipinski definition) is 0. The Balaban J connectivity index is 0.000000395. The van der Waals surface area contributed by atoms with Crippen molar-refractivity contribution >= 4 is 21.7 Å². The van der Waals surface area contributed by atoms with Crippen LogP contribution in [0.15, 0.2) is 35.2 Å². The normalized spacial score (nSPS) is 11.3. The molecular weight excluding hydrogens is 516 g/mol. The second kappa shape index (κ2) is 16.3. The van der Waals surface area contributed by atoms with Crippen molar-refractivity contribution < 1.29 is 22.7 Å². The molecule has 0 radical (unpaired) electrons. The number of ketones is 1. The SMILES string of the molecule is CC(=O)N(C)Cc1cccc(CCCN(C)C)n1.CCCC(=O)CN(C)S(=O)(=O)c1c(C)cc(OC)cc1C. The Morgan fingerprint density at radius 3 is 2.10 bits per heavy atom. The number of benzene rings is 1. The molecule has 0 bridgehead atoms. The zero-order valence-electron chi connectivity index (χ0n) is 25.1. The van der Waals surface area contributed by atoms with Gasteiger partial charge in [-0.1, -0.05) is 13.0 Å². The number of pyridine rings is 1. The number of rotatable bonds is 13. The summed E-state index contributed by atoms with van der Waals surface area (Å²) in [6.07, 6.45) is 3.19. The van der Waals surface area contributed by atoms with Gasteiger partial charge in [0.2, 0.25) is 15.9 Å². The van der Waals surface area contributed by atoms with E-state index >= 15 is 0 Å². The highest BCUT2D eigenvalue weighted by molar-refractivity contribution is 7.89. The molecule has 1 aromatic heterocycles. The predicted octanol–water partition coefficient (Wildman–Crippen LogP) is 3.86. The lowest BCUT2D eigenvalue weighted by Gasteiger charge is -2.20. The third kappa shape index (κ3) is 11.4. The fourth-order valence-corrected chi connectivity index (χ4v) is 5.53. The Kier molecular flexibility index (Phi) is 14.3. The molecular formula is C29H46N4O5S. The number of nitrogens with zero attached hydrogens (tertiary/aromatic N) is 4.